The SMILES string of the molecule is CCC(CC#N)n1c(C)nc2ccccc21. The van der Waals surface area contributed by atoms with Crippen molar-refractivity contribution in [3.63, 3.8) is 0 Å². The largest absolute Gasteiger partial charge is 0.324 e. The van der Waals surface area contributed by atoms with Crippen LogP contribution in [0.5, 0.6) is 0 Å². The molecule has 3 nitrogen and oxygen atoms in total. The summed E-state index contributed by atoms with van der Waals surface area (Å²) in [4.78, 5) is 4.52. The van der Waals surface area contributed by atoms with Crippen LogP contribution in [0.25, 0.3) is 11.0 Å². The lowest BCUT2D eigenvalue weighted by atomic mass is 10.1. The first-order valence-corrected chi connectivity index (χ1v) is 5.58. The van der Waals surface area contributed by atoms with Gasteiger partial charge in [0.15, 0.2) is 0 Å². The van der Waals surface area contributed by atoms with Gasteiger partial charge in [0.1, 0.15) is 5.82 Å². The van der Waals surface area contributed by atoms with Gasteiger partial charge in [0, 0.05) is 6.04 Å². The quantitative estimate of drug-likeness (QED) is 0.785. The van der Waals surface area contributed by atoms with Crippen molar-refractivity contribution < 1.29 is 0 Å². The summed E-state index contributed by atoms with van der Waals surface area (Å²) in [7, 11) is 0. The minimum Gasteiger partial charge on any atom is -0.324 e. The molecule has 0 N–H and O–H groups in total. The van der Waals surface area contributed by atoms with E-state index in [0.29, 0.717) is 6.42 Å². The van der Waals surface area contributed by atoms with E-state index in [1.807, 2.05) is 25.1 Å². The summed E-state index contributed by atoms with van der Waals surface area (Å²) < 4.78 is 2.18. The Balaban J connectivity index is 2.58. The van der Waals surface area contributed by atoms with Gasteiger partial charge in [-0.15, -0.1) is 0 Å². The Kier molecular flexibility index (Phi) is 2.91. The molecule has 0 amide bonds. The molecule has 16 heavy (non-hydrogen) atoms. The first kappa shape index (κ1) is 10.7. The van der Waals surface area contributed by atoms with Crippen LogP contribution in [0.4, 0.5) is 0 Å². The maximum absolute atomic E-state index is 8.85. The second-order valence-electron chi connectivity index (χ2n) is 3.94. The second-order valence-corrected chi connectivity index (χ2v) is 3.94. The molecule has 0 fully saturated rings. The lowest BCUT2D eigenvalue weighted by Gasteiger charge is -2.16. The normalized spacial score (nSPS) is 12.6. The van der Waals surface area contributed by atoms with Gasteiger partial charge in [0.05, 0.1) is 23.5 Å². The summed E-state index contributed by atoms with van der Waals surface area (Å²) in [6, 6.07) is 10.6. The van der Waals surface area contributed by atoms with Gasteiger partial charge in [-0.05, 0) is 25.5 Å². The third kappa shape index (κ3) is 1.67. The van der Waals surface area contributed by atoms with E-state index in [1.165, 1.54) is 0 Å². The summed E-state index contributed by atoms with van der Waals surface area (Å²) in [5.41, 5.74) is 2.14. The fraction of sp³-hybridized carbons (Fsp3) is 0.385. The molecular formula is C13H15N3. The van der Waals surface area contributed by atoms with Gasteiger partial charge in [0.25, 0.3) is 0 Å². The summed E-state index contributed by atoms with van der Waals surface area (Å²) in [6.45, 7) is 4.11. The number of imidazole rings is 1. The molecule has 1 aromatic heterocycles. The minimum atomic E-state index is 0.234. The number of aromatic nitrogens is 2. The molecule has 0 saturated carbocycles. The van der Waals surface area contributed by atoms with Crippen molar-refractivity contribution in [1.29, 1.82) is 5.26 Å². The lowest BCUT2D eigenvalue weighted by Crippen LogP contribution is -2.09. The molecule has 0 radical (unpaired) electrons. The van der Waals surface area contributed by atoms with Crippen LogP contribution >= 0.6 is 0 Å². The van der Waals surface area contributed by atoms with E-state index in [-0.39, 0.29) is 6.04 Å². The zero-order valence-electron chi connectivity index (χ0n) is 9.64. The molecule has 0 saturated heterocycles. The molecule has 0 aliphatic carbocycles. The maximum atomic E-state index is 8.85. The Morgan fingerprint density at radius 1 is 1.44 bits per heavy atom. The van der Waals surface area contributed by atoms with Crippen LogP contribution in [0.2, 0.25) is 0 Å². The number of benzene rings is 1. The lowest BCUT2D eigenvalue weighted by molar-refractivity contribution is 0.497. The van der Waals surface area contributed by atoms with Crippen LogP contribution in [-0.4, -0.2) is 9.55 Å². The average Bonchev–Trinajstić information content (AvgIpc) is 2.62. The number of hydrogen-bond acceptors (Lipinski definition) is 2. The summed E-state index contributed by atoms with van der Waals surface area (Å²) in [5.74, 6) is 0.989. The Hall–Kier alpha value is -1.82. The van der Waals surface area contributed by atoms with Crippen molar-refractivity contribution in [2.24, 2.45) is 0 Å². The number of fused-ring (bicyclic) bond motifs is 1. The van der Waals surface area contributed by atoms with Crippen LogP contribution in [-0.2, 0) is 0 Å². The Bertz CT molecular complexity index is 534. The zero-order valence-corrected chi connectivity index (χ0v) is 9.64. The molecular weight excluding hydrogens is 198 g/mol. The van der Waals surface area contributed by atoms with Gasteiger partial charge >= 0.3 is 0 Å². The van der Waals surface area contributed by atoms with Crippen molar-refractivity contribution in [2.45, 2.75) is 32.7 Å². The number of para-hydroxylation sites is 2. The van der Waals surface area contributed by atoms with Crippen molar-refractivity contribution in [1.82, 2.24) is 9.55 Å². The highest BCUT2D eigenvalue weighted by molar-refractivity contribution is 5.76. The first-order valence-electron chi connectivity index (χ1n) is 5.58. The first-order chi connectivity index (χ1) is 7.77. The highest BCUT2D eigenvalue weighted by Crippen LogP contribution is 2.24. The number of rotatable bonds is 3. The summed E-state index contributed by atoms with van der Waals surface area (Å²) in [5, 5.41) is 8.85. The number of aryl methyl sites for hydroxylation is 1. The molecule has 1 aromatic carbocycles. The van der Waals surface area contributed by atoms with E-state index in [0.717, 1.165) is 23.3 Å². The average molecular weight is 213 g/mol. The minimum absolute atomic E-state index is 0.234. The molecule has 1 atom stereocenters. The van der Waals surface area contributed by atoms with E-state index in [1.54, 1.807) is 0 Å². The van der Waals surface area contributed by atoms with Crippen LogP contribution in [0.3, 0.4) is 0 Å². The van der Waals surface area contributed by atoms with E-state index in [9.17, 15) is 0 Å². The van der Waals surface area contributed by atoms with Crippen LogP contribution in [0, 0.1) is 18.3 Å². The van der Waals surface area contributed by atoms with Crippen molar-refractivity contribution >= 4 is 11.0 Å². The highest BCUT2D eigenvalue weighted by Gasteiger charge is 2.14. The molecule has 1 heterocycles. The smallest absolute Gasteiger partial charge is 0.107 e. The van der Waals surface area contributed by atoms with Gasteiger partial charge in [-0.2, -0.15) is 5.26 Å². The predicted octanol–water partition coefficient (Wildman–Crippen LogP) is 3.21. The standard InChI is InChI=1S/C13H15N3/c1-3-11(8-9-14)16-10(2)15-12-6-4-5-7-13(12)16/h4-7,11H,3,8H2,1-2H3. The summed E-state index contributed by atoms with van der Waals surface area (Å²) >= 11 is 0. The summed E-state index contributed by atoms with van der Waals surface area (Å²) in [6.07, 6.45) is 1.49. The third-order valence-electron chi connectivity index (χ3n) is 2.94. The monoisotopic (exact) mass is 213 g/mol. The molecule has 1 unspecified atom stereocenters. The number of hydrogen-bond donors (Lipinski definition) is 0. The molecule has 0 aliphatic rings. The van der Waals surface area contributed by atoms with Gasteiger partial charge in [-0.25, -0.2) is 4.98 Å². The molecule has 2 rings (SSSR count). The van der Waals surface area contributed by atoms with Gasteiger partial charge in [-0.3, -0.25) is 0 Å². The highest BCUT2D eigenvalue weighted by atomic mass is 15.1. The molecule has 3 heteroatoms. The fourth-order valence-electron chi connectivity index (χ4n) is 2.15. The Morgan fingerprint density at radius 2 is 2.19 bits per heavy atom. The zero-order chi connectivity index (χ0) is 11.5. The molecule has 82 valence electrons. The van der Waals surface area contributed by atoms with Crippen LogP contribution < -0.4 is 0 Å². The maximum Gasteiger partial charge on any atom is 0.107 e. The molecule has 0 spiro atoms. The Morgan fingerprint density at radius 3 is 2.88 bits per heavy atom. The van der Waals surface area contributed by atoms with E-state index in [4.69, 9.17) is 5.26 Å². The second kappa shape index (κ2) is 4.36. The fourth-order valence-corrected chi connectivity index (χ4v) is 2.15. The van der Waals surface area contributed by atoms with Gasteiger partial charge in [0.2, 0.25) is 0 Å². The van der Waals surface area contributed by atoms with Crippen LogP contribution in [0.1, 0.15) is 31.6 Å². The number of nitriles is 1. The Labute approximate surface area is 95.3 Å². The number of nitrogens with zero attached hydrogens (tertiary/aromatic N) is 3. The van der Waals surface area contributed by atoms with Gasteiger partial charge in [-0.1, -0.05) is 19.1 Å². The third-order valence-corrected chi connectivity index (χ3v) is 2.94. The molecule has 0 aliphatic heterocycles. The van der Waals surface area contributed by atoms with Crippen LogP contribution in [0.15, 0.2) is 24.3 Å². The molecule has 0 bridgehead atoms. The van der Waals surface area contributed by atoms with Crippen molar-refractivity contribution in [3.05, 3.63) is 30.1 Å². The van der Waals surface area contributed by atoms with Crippen molar-refractivity contribution in [3.8, 4) is 6.07 Å². The van der Waals surface area contributed by atoms with Crippen molar-refractivity contribution in [2.75, 3.05) is 0 Å². The van der Waals surface area contributed by atoms with E-state index in [2.05, 4.69) is 28.6 Å². The van der Waals surface area contributed by atoms with E-state index >= 15 is 0 Å². The van der Waals surface area contributed by atoms with E-state index < -0.39 is 0 Å². The topological polar surface area (TPSA) is 41.6 Å². The molecule has 2 aromatic rings. The van der Waals surface area contributed by atoms with Gasteiger partial charge < -0.3 is 4.57 Å². The predicted molar refractivity (Wildman–Crippen MR) is 64.0 cm³/mol.